The highest BCUT2D eigenvalue weighted by atomic mass is 35.5. The predicted molar refractivity (Wildman–Crippen MR) is 80.7 cm³/mol. The molecule has 1 aliphatic carbocycles. The molecular formula is C15H12Cl2N2O. The summed E-state index contributed by atoms with van der Waals surface area (Å²) in [5.74, 6) is 0.212. The lowest BCUT2D eigenvalue weighted by molar-refractivity contribution is 0.0994. The van der Waals surface area contributed by atoms with Crippen molar-refractivity contribution in [2.24, 2.45) is 0 Å². The maximum atomic E-state index is 11.7. The zero-order chi connectivity index (χ0) is 14.1. The second kappa shape index (κ2) is 5.43. The van der Waals surface area contributed by atoms with Crippen LogP contribution in [-0.2, 0) is 13.0 Å². The predicted octanol–water partition coefficient (Wildman–Crippen LogP) is 4.13. The summed E-state index contributed by atoms with van der Waals surface area (Å²) in [6.45, 7) is 0.493. The Morgan fingerprint density at radius 1 is 1.15 bits per heavy atom. The molecule has 0 atom stereocenters. The van der Waals surface area contributed by atoms with Crippen molar-refractivity contribution in [2.45, 2.75) is 19.4 Å². The molecule has 0 radical (unpaired) electrons. The number of Topliss-reactive ketones (excluding diaryl/α,β-unsaturated/α-hetero) is 1. The number of carbonyl (C=O) groups excluding carboxylic acids is 1. The molecule has 0 amide bonds. The number of nitrogens with one attached hydrogen (secondary N) is 1. The van der Waals surface area contributed by atoms with Crippen molar-refractivity contribution in [2.75, 3.05) is 5.32 Å². The number of ketones is 1. The minimum atomic E-state index is 0.212. The van der Waals surface area contributed by atoms with Crippen molar-refractivity contribution in [1.29, 1.82) is 0 Å². The minimum Gasteiger partial charge on any atom is -0.381 e. The van der Waals surface area contributed by atoms with Gasteiger partial charge in [-0.1, -0.05) is 29.3 Å². The van der Waals surface area contributed by atoms with E-state index in [2.05, 4.69) is 10.3 Å². The number of halogens is 2. The lowest BCUT2D eigenvalue weighted by Crippen LogP contribution is -2.02. The first-order valence-electron chi connectivity index (χ1n) is 6.33. The molecule has 0 bridgehead atoms. The summed E-state index contributed by atoms with van der Waals surface area (Å²) < 4.78 is 0. The van der Waals surface area contributed by atoms with Crippen LogP contribution >= 0.6 is 23.2 Å². The molecule has 0 saturated carbocycles. The van der Waals surface area contributed by atoms with Crippen LogP contribution in [0.1, 0.15) is 27.9 Å². The summed E-state index contributed by atoms with van der Waals surface area (Å²) in [6.07, 6.45) is 4.59. The molecule has 0 saturated heterocycles. The molecule has 1 heterocycles. The molecule has 1 N–H and O–H groups in total. The standard InChI is InChI=1S/C15H12Cl2N2O/c16-13-7-18-8-14(17)12(13)6-19-10-3-1-9-2-4-15(20)11(9)5-10/h1,3,5,7-8,19H,2,4,6H2. The summed E-state index contributed by atoms with van der Waals surface area (Å²) >= 11 is 12.1. The Kier molecular flexibility index (Phi) is 3.64. The summed E-state index contributed by atoms with van der Waals surface area (Å²) in [5, 5.41) is 4.30. The smallest absolute Gasteiger partial charge is 0.163 e. The summed E-state index contributed by atoms with van der Waals surface area (Å²) in [6, 6.07) is 5.87. The van der Waals surface area contributed by atoms with E-state index in [0.29, 0.717) is 23.0 Å². The zero-order valence-electron chi connectivity index (χ0n) is 10.6. The molecular weight excluding hydrogens is 295 g/mol. The molecule has 1 aliphatic rings. The summed E-state index contributed by atoms with van der Waals surface area (Å²) in [5.41, 5.74) is 3.64. The number of carbonyl (C=O) groups is 1. The number of aromatic nitrogens is 1. The van der Waals surface area contributed by atoms with E-state index in [1.807, 2.05) is 18.2 Å². The molecule has 102 valence electrons. The van der Waals surface area contributed by atoms with Gasteiger partial charge in [0.1, 0.15) is 0 Å². The first-order valence-corrected chi connectivity index (χ1v) is 7.08. The minimum absolute atomic E-state index is 0.212. The number of aryl methyl sites for hydroxylation is 1. The first kappa shape index (κ1) is 13.4. The molecule has 0 aliphatic heterocycles. The number of nitrogens with zero attached hydrogens (tertiary/aromatic N) is 1. The van der Waals surface area contributed by atoms with E-state index in [1.54, 1.807) is 12.4 Å². The van der Waals surface area contributed by atoms with E-state index >= 15 is 0 Å². The third-order valence-corrected chi connectivity index (χ3v) is 4.10. The fourth-order valence-corrected chi connectivity index (χ4v) is 2.84. The Labute approximate surface area is 126 Å². The third-order valence-electron chi connectivity index (χ3n) is 3.45. The Morgan fingerprint density at radius 2 is 1.90 bits per heavy atom. The quantitative estimate of drug-likeness (QED) is 0.927. The number of pyridine rings is 1. The number of fused-ring (bicyclic) bond motifs is 1. The highest BCUT2D eigenvalue weighted by Gasteiger charge is 2.19. The van der Waals surface area contributed by atoms with Crippen LogP contribution in [0.15, 0.2) is 30.6 Å². The van der Waals surface area contributed by atoms with Crippen LogP contribution in [0.4, 0.5) is 5.69 Å². The van der Waals surface area contributed by atoms with E-state index in [0.717, 1.165) is 28.8 Å². The lowest BCUT2D eigenvalue weighted by Gasteiger charge is -2.10. The van der Waals surface area contributed by atoms with Gasteiger partial charge in [-0.2, -0.15) is 0 Å². The maximum absolute atomic E-state index is 11.7. The Bertz CT molecular complexity index is 665. The van der Waals surface area contributed by atoms with E-state index in [4.69, 9.17) is 23.2 Å². The number of benzene rings is 1. The fraction of sp³-hybridized carbons (Fsp3) is 0.200. The van der Waals surface area contributed by atoms with Gasteiger partial charge in [-0.25, -0.2) is 0 Å². The monoisotopic (exact) mass is 306 g/mol. The molecule has 0 fully saturated rings. The molecule has 20 heavy (non-hydrogen) atoms. The molecule has 0 unspecified atom stereocenters. The van der Waals surface area contributed by atoms with Gasteiger partial charge in [-0.05, 0) is 24.1 Å². The van der Waals surface area contributed by atoms with Crippen LogP contribution < -0.4 is 5.32 Å². The van der Waals surface area contributed by atoms with Crippen LogP contribution in [0.3, 0.4) is 0 Å². The van der Waals surface area contributed by atoms with Gasteiger partial charge < -0.3 is 5.32 Å². The summed E-state index contributed by atoms with van der Waals surface area (Å²) in [7, 11) is 0. The van der Waals surface area contributed by atoms with Gasteiger partial charge in [0.15, 0.2) is 5.78 Å². The van der Waals surface area contributed by atoms with Crippen molar-refractivity contribution in [3.05, 3.63) is 57.3 Å². The molecule has 1 aromatic heterocycles. The Morgan fingerprint density at radius 3 is 2.65 bits per heavy atom. The summed E-state index contributed by atoms with van der Waals surface area (Å²) in [4.78, 5) is 15.6. The molecule has 3 nitrogen and oxygen atoms in total. The zero-order valence-corrected chi connectivity index (χ0v) is 12.1. The molecule has 2 aromatic rings. The maximum Gasteiger partial charge on any atom is 0.163 e. The van der Waals surface area contributed by atoms with Crippen molar-refractivity contribution in [1.82, 2.24) is 4.98 Å². The second-order valence-corrected chi connectivity index (χ2v) is 5.54. The number of hydrogen-bond acceptors (Lipinski definition) is 3. The van der Waals surface area contributed by atoms with Gasteiger partial charge in [-0.3, -0.25) is 9.78 Å². The van der Waals surface area contributed by atoms with Crippen molar-refractivity contribution in [3.8, 4) is 0 Å². The third kappa shape index (κ3) is 2.51. The van der Waals surface area contributed by atoms with Crippen LogP contribution in [0.5, 0.6) is 0 Å². The van der Waals surface area contributed by atoms with Gasteiger partial charge in [0.05, 0.1) is 10.0 Å². The van der Waals surface area contributed by atoms with Crippen molar-refractivity contribution < 1.29 is 4.79 Å². The SMILES string of the molecule is O=C1CCc2ccc(NCc3c(Cl)cncc3Cl)cc21. The van der Waals surface area contributed by atoms with Gasteiger partial charge in [-0.15, -0.1) is 0 Å². The van der Waals surface area contributed by atoms with E-state index in [-0.39, 0.29) is 5.78 Å². The highest BCUT2D eigenvalue weighted by Crippen LogP contribution is 2.27. The van der Waals surface area contributed by atoms with E-state index in [9.17, 15) is 4.79 Å². The fourth-order valence-electron chi connectivity index (χ4n) is 2.34. The van der Waals surface area contributed by atoms with Gasteiger partial charge in [0, 0.05) is 42.2 Å². The largest absolute Gasteiger partial charge is 0.381 e. The Hall–Kier alpha value is -1.58. The normalized spacial score (nSPS) is 13.4. The average molecular weight is 307 g/mol. The molecule has 1 aromatic carbocycles. The van der Waals surface area contributed by atoms with Gasteiger partial charge in [0.25, 0.3) is 0 Å². The van der Waals surface area contributed by atoms with Crippen molar-refractivity contribution >= 4 is 34.7 Å². The topological polar surface area (TPSA) is 42.0 Å². The highest BCUT2D eigenvalue weighted by molar-refractivity contribution is 6.35. The van der Waals surface area contributed by atoms with Crippen LogP contribution in [0, 0.1) is 0 Å². The lowest BCUT2D eigenvalue weighted by atomic mass is 10.1. The van der Waals surface area contributed by atoms with Crippen molar-refractivity contribution in [3.63, 3.8) is 0 Å². The van der Waals surface area contributed by atoms with Crippen LogP contribution in [0.2, 0.25) is 10.0 Å². The number of anilines is 1. The van der Waals surface area contributed by atoms with Gasteiger partial charge >= 0.3 is 0 Å². The molecule has 0 spiro atoms. The molecule has 5 heteroatoms. The number of rotatable bonds is 3. The number of hydrogen-bond donors (Lipinski definition) is 1. The van der Waals surface area contributed by atoms with Crippen LogP contribution in [-0.4, -0.2) is 10.8 Å². The van der Waals surface area contributed by atoms with Gasteiger partial charge in [0.2, 0.25) is 0 Å². The van der Waals surface area contributed by atoms with E-state index in [1.165, 1.54) is 0 Å². The first-order chi connectivity index (χ1) is 9.65. The van der Waals surface area contributed by atoms with Crippen LogP contribution in [0.25, 0.3) is 0 Å². The molecule has 3 rings (SSSR count). The second-order valence-electron chi connectivity index (χ2n) is 4.73. The average Bonchev–Trinajstić information content (AvgIpc) is 2.80. The Balaban J connectivity index is 1.79. The van der Waals surface area contributed by atoms with E-state index < -0.39 is 0 Å².